The molecular weight excluding hydrogens is 423 g/mol. The fraction of sp³-hybridized carbons (Fsp3) is 0.227. The summed E-state index contributed by atoms with van der Waals surface area (Å²) in [6, 6.07) is 15.4. The molecular formula is C22H22F3N5O2. The number of hydrogen-bond donors (Lipinski definition) is 3. The van der Waals surface area contributed by atoms with Crippen molar-refractivity contribution in [2.45, 2.75) is 32.2 Å². The van der Waals surface area contributed by atoms with Crippen molar-refractivity contribution in [3.63, 3.8) is 0 Å². The Morgan fingerprint density at radius 2 is 1.59 bits per heavy atom. The van der Waals surface area contributed by atoms with Crippen molar-refractivity contribution < 1.29 is 22.8 Å². The number of rotatable bonds is 7. The molecule has 32 heavy (non-hydrogen) atoms. The highest BCUT2D eigenvalue weighted by Crippen LogP contribution is 2.29. The highest BCUT2D eigenvalue weighted by molar-refractivity contribution is 5.93. The molecule has 0 spiro atoms. The fourth-order valence-corrected chi connectivity index (χ4v) is 2.85. The molecule has 3 aromatic rings. The van der Waals surface area contributed by atoms with E-state index in [1.807, 2.05) is 6.07 Å². The van der Waals surface area contributed by atoms with Gasteiger partial charge in [-0.2, -0.15) is 18.3 Å². The molecule has 4 N–H and O–H groups in total. The van der Waals surface area contributed by atoms with Crippen LogP contribution >= 0.6 is 0 Å². The summed E-state index contributed by atoms with van der Waals surface area (Å²) in [6.07, 6.45) is -4.71. The van der Waals surface area contributed by atoms with Crippen LogP contribution in [0.5, 0.6) is 0 Å². The van der Waals surface area contributed by atoms with Crippen LogP contribution in [-0.2, 0) is 24.1 Å². The van der Waals surface area contributed by atoms with Crippen LogP contribution in [0.1, 0.15) is 34.2 Å². The van der Waals surface area contributed by atoms with E-state index in [2.05, 4.69) is 15.7 Å². The number of nitrogens with zero attached hydrogens (tertiary/aromatic N) is 2. The van der Waals surface area contributed by atoms with Gasteiger partial charge in [-0.15, -0.1) is 0 Å². The quantitative estimate of drug-likeness (QED) is 0.521. The van der Waals surface area contributed by atoms with E-state index in [4.69, 9.17) is 5.73 Å². The molecule has 1 atom stereocenters. The van der Waals surface area contributed by atoms with Crippen molar-refractivity contribution >= 4 is 11.8 Å². The summed E-state index contributed by atoms with van der Waals surface area (Å²) in [5.41, 5.74) is 5.86. The Morgan fingerprint density at radius 1 is 1.00 bits per heavy atom. The average Bonchev–Trinajstić information content (AvgIpc) is 3.23. The third kappa shape index (κ3) is 5.73. The number of nitrogens with one attached hydrogen (secondary N) is 2. The number of halogens is 3. The van der Waals surface area contributed by atoms with Gasteiger partial charge in [0.05, 0.1) is 11.7 Å². The van der Waals surface area contributed by atoms with Crippen molar-refractivity contribution in [1.82, 2.24) is 20.4 Å². The van der Waals surface area contributed by atoms with Crippen molar-refractivity contribution in [3.8, 4) is 5.69 Å². The van der Waals surface area contributed by atoms with Crippen LogP contribution in [0.25, 0.3) is 5.69 Å². The third-order valence-corrected chi connectivity index (χ3v) is 4.59. The molecule has 0 bridgehead atoms. The topological polar surface area (TPSA) is 102 Å². The molecule has 7 nitrogen and oxygen atoms in total. The molecule has 1 heterocycles. The molecule has 0 saturated heterocycles. The Hall–Kier alpha value is -3.66. The van der Waals surface area contributed by atoms with E-state index in [0.717, 1.165) is 16.3 Å². The predicted octanol–water partition coefficient (Wildman–Crippen LogP) is 2.78. The van der Waals surface area contributed by atoms with Crippen LogP contribution in [0.3, 0.4) is 0 Å². The number of amides is 2. The summed E-state index contributed by atoms with van der Waals surface area (Å²) >= 11 is 0. The van der Waals surface area contributed by atoms with Crippen LogP contribution < -0.4 is 16.4 Å². The van der Waals surface area contributed by atoms with Crippen LogP contribution in [0.4, 0.5) is 13.2 Å². The number of hydrogen-bond acceptors (Lipinski definition) is 4. The molecule has 168 valence electrons. The summed E-state index contributed by atoms with van der Waals surface area (Å²) < 4.78 is 40.7. The first kappa shape index (κ1) is 23.0. The first-order valence-electron chi connectivity index (χ1n) is 9.77. The molecule has 0 fully saturated rings. The van der Waals surface area contributed by atoms with E-state index in [1.54, 1.807) is 43.3 Å². The lowest BCUT2D eigenvalue weighted by Gasteiger charge is -2.10. The van der Waals surface area contributed by atoms with Gasteiger partial charge in [0.25, 0.3) is 5.91 Å². The highest BCUT2D eigenvalue weighted by Gasteiger charge is 2.36. The van der Waals surface area contributed by atoms with Gasteiger partial charge in [0.1, 0.15) is 5.69 Å². The lowest BCUT2D eigenvalue weighted by molar-refractivity contribution is -0.141. The highest BCUT2D eigenvalue weighted by atomic mass is 19.4. The third-order valence-electron chi connectivity index (χ3n) is 4.59. The van der Waals surface area contributed by atoms with Crippen molar-refractivity contribution in [1.29, 1.82) is 0 Å². The minimum Gasteiger partial charge on any atom is -0.351 e. The average molecular weight is 445 g/mol. The van der Waals surface area contributed by atoms with Gasteiger partial charge >= 0.3 is 6.18 Å². The van der Waals surface area contributed by atoms with Crippen LogP contribution in [-0.4, -0.2) is 27.6 Å². The number of aromatic nitrogens is 2. The van der Waals surface area contributed by atoms with Crippen LogP contribution in [0, 0.1) is 0 Å². The van der Waals surface area contributed by atoms with Gasteiger partial charge in [0.2, 0.25) is 5.91 Å². The minimum atomic E-state index is -4.71. The number of alkyl halides is 3. The van der Waals surface area contributed by atoms with Crippen LogP contribution in [0.15, 0.2) is 60.7 Å². The normalized spacial score (nSPS) is 12.3. The van der Waals surface area contributed by atoms with Gasteiger partial charge in [-0.3, -0.25) is 9.59 Å². The number of carbonyl (C=O) groups is 2. The molecule has 0 aliphatic rings. The Bertz CT molecular complexity index is 1080. The zero-order valence-corrected chi connectivity index (χ0v) is 17.2. The monoisotopic (exact) mass is 445 g/mol. The Morgan fingerprint density at radius 3 is 2.19 bits per heavy atom. The standard InChI is InChI=1S/C22H22F3N5O2/c1-14(26)20(31)27-13-16-7-9-17(10-8-16)30-18(11-19(29-30)22(23,24)25)21(32)28-12-15-5-3-2-4-6-15/h2-11,14H,12-13,26H2,1H3,(H,27,31)(H,28,32)/t14-/m0/s1. The summed E-state index contributed by atoms with van der Waals surface area (Å²) in [5, 5.41) is 8.86. The molecule has 2 amide bonds. The largest absolute Gasteiger partial charge is 0.435 e. The Labute approximate surface area is 182 Å². The Kier molecular flexibility index (Phi) is 6.94. The van der Waals surface area contributed by atoms with E-state index in [-0.39, 0.29) is 30.4 Å². The van der Waals surface area contributed by atoms with Crippen LogP contribution in [0.2, 0.25) is 0 Å². The maximum atomic E-state index is 13.3. The van der Waals surface area contributed by atoms with Gasteiger partial charge < -0.3 is 16.4 Å². The zero-order chi connectivity index (χ0) is 23.3. The fourth-order valence-electron chi connectivity index (χ4n) is 2.85. The summed E-state index contributed by atoms with van der Waals surface area (Å²) in [6.45, 7) is 1.92. The second kappa shape index (κ2) is 9.65. The molecule has 0 radical (unpaired) electrons. The van der Waals surface area contributed by atoms with E-state index < -0.39 is 23.8 Å². The summed E-state index contributed by atoms with van der Waals surface area (Å²) in [7, 11) is 0. The Balaban J connectivity index is 1.82. The smallest absolute Gasteiger partial charge is 0.351 e. The van der Waals surface area contributed by atoms with Gasteiger partial charge in [-0.1, -0.05) is 42.5 Å². The zero-order valence-electron chi connectivity index (χ0n) is 17.2. The van der Waals surface area contributed by atoms with Gasteiger partial charge in [0, 0.05) is 19.2 Å². The predicted molar refractivity (Wildman–Crippen MR) is 112 cm³/mol. The van der Waals surface area contributed by atoms with Gasteiger partial charge in [-0.05, 0) is 30.2 Å². The molecule has 2 aromatic carbocycles. The van der Waals surface area contributed by atoms with E-state index >= 15 is 0 Å². The van der Waals surface area contributed by atoms with Gasteiger partial charge in [-0.25, -0.2) is 4.68 Å². The van der Waals surface area contributed by atoms with E-state index in [1.165, 1.54) is 12.1 Å². The maximum absolute atomic E-state index is 13.3. The first-order valence-corrected chi connectivity index (χ1v) is 9.77. The maximum Gasteiger partial charge on any atom is 0.435 e. The molecule has 10 heteroatoms. The van der Waals surface area contributed by atoms with Gasteiger partial charge in [0.15, 0.2) is 5.69 Å². The number of nitrogens with two attached hydrogens (primary N) is 1. The second-order valence-electron chi connectivity index (χ2n) is 7.17. The van der Waals surface area contributed by atoms with Crippen molar-refractivity contribution in [2.75, 3.05) is 0 Å². The molecule has 3 rings (SSSR count). The summed E-state index contributed by atoms with van der Waals surface area (Å²) in [5.74, 6) is -1.02. The minimum absolute atomic E-state index is 0.157. The number of carbonyl (C=O) groups excluding carboxylic acids is 2. The first-order chi connectivity index (χ1) is 15.1. The molecule has 0 unspecified atom stereocenters. The summed E-state index contributed by atoms with van der Waals surface area (Å²) in [4.78, 5) is 24.2. The molecule has 1 aromatic heterocycles. The number of benzene rings is 2. The van der Waals surface area contributed by atoms with E-state index in [0.29, 0.717) is 5.56 Å². The van der Waals surface area contributed by atoms with Crippen molar-refractivity contribution in [3.05, 3.63) is 83.2 Å². The lowest BCUT2D eigenvalue weighted by atomic mass is 10.2. The van der Waals surface area contributed by atoms with E-state index in [9.17, 15) is 22.8 Å². The SMILES string of the molecule is C[C@H](N)C(=O)NCc1ccc(-n2nc(C(F)(F)F)cc2C(=O)NCc2ccccc2)cc1. The molecule has 0 aliphatic heterocycles. The molecule has 0 aliphatic carbocycles. The second-order valence-corrected chi connectivity index (χ2v) is 7.17. The lowest BCUT2D eigenvalue weighted by Crippen LogP contribution is -2.37. The van der Waals surface area contributed by atoms with Crippen molar-refractivity contribution in [2.24, 2.45) is 5.73 Å². The molecule has 0 saturated carbocycles.